The number of tetrazole rings is 1. The van der Waals surface area contributed by atoms with Crippen LogP contribution in [0.4, 0.5) is 11.6 Å². The van der Waals surface area contributed by atoms with Gasteiger partial charge in [-0.3, -0.25) is 10.1 Å². The lowest BCUT2D eigenvalue weighted by Gasteiger charge is -2.07. The number of aryl methyl sites for hydroxylation is 2. The van der Waals surface area contributed by atoms with Crippen molar-refractivity contribution < 1.29 is 4.92 Å². The zero-order chi connectivity index (χ0) is 14.7. The minimum absolute atomic E-state index is 0.139. The molecule has 0 aliphatic heterocycles. The van der Waals surface area contributed by atoms with Crippen LogP contribution in [0.1, 0.15) is 12.6 Å². The minimum atomic E-state index is -0.503. The number of aromatic nitrogens is 6. The molecule has 2 rings (SSSR count). The molecule has 106 valence electrons. The fraction of sp³-hybridized carbons (Fsp3) is 0.444. The number of hydrogen-bond acceptors (Lipinski definition) is 9. The highest BCUT2D eigenvalue weighted by molar-refractivity contribution is 7.99. The van der Waals surface area contributed by atoms with Gasteiger partial charge in [0.25, 0.3) is 0 Å². The zero-order valence-corrected chi connectivity index (χ0v) is 11.9. The van der Waals surface area contributed by atoms with E-state index in [-0.39, 0.29) is 10.7 Å². The van der Waals surface area contributed by atoms with Gasteiger partial charge in [0.2, 0.25) is 11.1 Å². The van der Waals surface area contributed by atoms with Crippen LogP contribution in [0.5, 0.6) is 0 Å². The van der Waals surface area contributed by atoms with E-state index in [1.54, 1.807) is 14.0 Å². The van der Waals surface area contributed by atoms with E-state index in [0.717, 1.165) is 11.8 Å². The van der Waals surface area contributed by atoms with Gasteiger partial charge in [0.1, 0.15) is 5.69 Å². The fourth-order valence-electron chi connectivity index (χ4n) is 1.45. The molecule has 11 heteroatoms. The van der Waals surface area contributed by atoms with Crippen LogP contribution < -0.4 is 5.32 Å². The number of anilines is 1. The Morgan fingerprint density at radius 2 is 2.20 bits per heavy atom. The highest BCUT2D eigenvalue weighted by atomic mass is 32.2. The Kier molecular flexibility index (Phi) is 4.08. The maximum atomic E-state index is 11.2. The molecule has 2 aromatic rings. The summed E-state index contributed by atoms with van der Waals surface area (Å²) in [6.07, 6.45) is 0. The van der Waals surface area contributed by atoms with E-state index in [2.05, 4.69) is 30.8 Å². The second-order valence-electron chi connectivity index (χ2n) is 3.76. The number of nitrogens with zero attached hydrogens (tertiary/aromatic N) is 7. The average molecular weight is 296 g/mol. The van der Waals surface area contributed by atoms with Gasteiger partial charge in [0.05, 0.1) is 4.92 Å². The first-order valence-electron chi connectivity index (χ1n) is 5.70. The third-order valence-electron chi connectivity index (χ3n) is 2.31. The summed E-state index contributed by atoms with van der Waals surface area (Å²) in [5, 5.41) is 25.6. The van der Waals surface area contributed by atoms with Crippen molar-refractivity contribution >= 4 is 23.4 Å². The summed E-state index contributed by atoms with van der Waals surface area (Å²) in [4.78, 5) is 18.9. The Morgan fingerprint density at radius 3 is 2.75 bits per heavy atom. The normalized spacial score (nSPS) is 10.6. The van der Waals surface area contributed by atoms with Crippen LogP contribution in [0.2, 0.25) is 0 Å². The number of nitrogens with one attached hydrogen (secondary N) is 1. The molecule has 2 heterocycles. The van der Waals surface area contributed by atoms with Crippen molar-refractivity contribution in [1.29, 1.82) is 0 Å². The van der Waals surface area contributed by atoms with Crippen LogP contribution >= 0.6 is 11.8 Å². The van der Waals surface area contributed by atoms with Crippen molar-refractivity contribution in [3.05, 3.63) is 15.8 Å². The molecule has 0 bridgehead atoms. The topological polar surface area (TPSA) is 125 Å². The highest BCUT2D eigenvalue weighted by Gasteiger charge is 2.24. The Balaban J connectivity index is 2.47. The van der Waals surface area contributed by atoms with Gasteiger partial charge in [0.15, 0.2) is 5.03 Å². The summed E-state index contributed by atoms with van der Waals surface area (Å²) in [7, 11) is 1.65. The Hall–Kier alpha value is -2.30. The van der Waals surface area contributed by atoms with Crippen LogP contribution in [0.25, 0.3) is 0 Å². The van der Waals surface area contributed by atoms with E-state index in [9.17, 15) is 10.1 Å². The van der Waals surface area contributed by atoms with Crippen LogP contribution in [-0.2, 0) is 7.05 Å². The Morgan fingerprint density at radius 1 is 1.45 bits per heavy atom. The van der Waals surface area contributed by atoms with Crippen LogP contribution in [0.15, 0.2) is 10.2 Å². The predicted octanol–water partition coefficient (Wildman–Crippen LogP) is 0.800. The molecule has 0 unspecified atom stereocenters. The van der Waals surface area contributed by atoms with Gasteiger partial charge >= 0.3 is 5.69 Å². The molecule has 1 N–H and O–H groups in total. The van der Waals surface area contributed by atoms with Crippen LogP contribution in [0.3, 0.4) is 0 Å². The molecule has 0 saturated carbocycles. The van der Waals surface area contributed by atoms with Crippen LogP contribution in [-0.4, -0.2) is 41.6 Å². The summed E-state index contributed by atoms with van der Waals surface area (Å²) in [5.74, 6) is 0.341. The molecule has 0 radical (unpaired) electrons. The van der Waals surface area contributed by atoms with E-state index in [1.807, 2.05) is 6.92 Å². The Bertz CT molecular complexity index is 643. The minimum Gasteiger partial charge on any atom is -0.354 e. The second kappa shape index (κ2) is 5.77. The molecule has 0 saturated heterocycles. The molecule has 10 nitrogen and oxygen atoms in total. The van der Waals surface area contributed by atoms with Gasteiger partial charge in [-0.1, -0.05) is 0 Å². The number of rotatable bonds is 5. The van der Waals surface area contributed by atoms with Crippen molar-refractivity contribution in [3.63, 3.8) is 0 Å². The third kappa shape index (κ3) is 2.82. The zero-order valence-electron chi connectivity index (χ0n) is 11.1. The summed E-state index contributed by atoms with van der Waals surface area (Å²) >= 11 is 1.02. The first-order chi connectivity index (χ1) is 9.52. The second-order valence-corrected chi connectivity index (χ2v) is 4.72. The van der Waals surface area contributed by atoms with E-state index in [0.29, 0.717) is 23.3 Å². The molecule has 0 spiro atoms. The molecule has 2 aromatic heterocycles. The average Bonchev–Trinajstić information content (AvgIpc) is 2.74. The van der Waals surface area contributed by atoms with Crippen molar-refractivity contribution in [2.24, 2.45) is 7.05 Å². The van der Waals surface area contributed by atoms with Crippen molar-refractivity contribution in [1.82, 2.24) is 30.2 Å². The predicted molar refractivity (Wildman–Crippen MR) is 70.5 cm³/mol. The maximum Gasteiger partial charge on any atom is 0.322 e. The largest absolute Gasteiger partial charge is 0.354 e. The van der Waals surface area contributed by atoms with E-state index < -0.39 is 4.92 Å². The molecule has 0 amide bonds. The molecule has 0 aliphatic rings. The molecule has 0 aliphatic carbocycles. The molecular weight excluding hydrogens is 284 g/mol. The van der Waals surface area contributed by atoms with Gasteiger partial charge in [-0.2, -0.15) is 4.98 Å². The summed E-state index contributed by atoms with van der Waals surface area (Å²) < 4.78 is 1.42. The van der Waals surface area contributed by atoms with Crippen LogP contribution in [0, 0.1) is 17.0 Å². The SMILES string of the molecule is CCNc1nc(C)c([N+](=O)[O-])c(Sc2nnnn2C)n1. The van der Waals surface area contributed by atoms with Gasteiger partial charge in [-0.05, 0) is 36.0 Å². The molecule has 0 fully saturated rings. The lowest BCUT2D eigenvalue weighted by molar-refractivity contribution is -0.389. The first kappa shape index (κ1) is 14.1. The Labute approximate surface area is 118 Å². The maximum absolute atomic E-state index is 11.2. The lowest BCUT2D eigenvalue weighted by Crippen LogP contribution is -2.07. The smallest absolute Gasteiger partial charge is 0.322 e. The summed E-state index contributed by atoms with van der Waals surface area (Å²) in [6.45, 7) is 4.08. The standard InChI is InChI=1S/C9H12N8O2S/c1-4-10-8-11-5(2)6(17(18)19)7(12-8)20-9-13-14-15-16(9)3/h4H2,1-3H3,(H,10,11,12). The monoisotopic (exact) mass is 296 g/mol. The van der Waals surface area contributed by atoms with Crippen molar-refractivity contribution in [2.45, 2.75) is 24.0 Å². The molecule has 0 atom stereocenters. The number of nitro groups is 1. The van der Waals surface area contributed by atoms with Crippen molar-refractivity contribution in [3.8, 4) is 0 Å². The van der Waals surface area contributed by atoms with Gasteiger partial charge in [-0.15, -0.1) is 5.10 Å². The van der Waals surface area contributed by atoms with E-state index in [4.69, 9.17) is 0 Å². The molecular formula is C9H12N8O2S. The third-order valence-corrected chi connectivity index (χ3v) is 3.32. The quantitative estimate of drug-likeness (QED) is 0.484. The lowest BCUT2D eigenvalue weighted by atomic mass is 10.4. The molecule has 20 heavy (non-hydrogen) atoms. The first-order valence-corrected chi connectivity index (χ1v) is 6.51. The molecule has 0 aromatic carbocycles. The van der Waals surface area contributed by atoms with Crippen molar-refractivity contribution in [2.75, 3.05) is 11.9 Å². The fourth-order valence-corrected chi connectivity index (χ4v) is 2.32. The van der Waals surface area contributed by atoms with E-state index >= 15 is 0 Å². The van der Waals surface area contributed by atoms with Gasteiger partial charge < -0.3 is 5.32 Å². The van der Waals surface area contributed by atoms with Gasteiger partial charge in [0, 0.05) is 13.6 Å². The summed E-state index contributed by atoms with van der Waals surface area (Å²) in [6, 6.07) is 0. The highest BCUT2D eigenvalue weighted by Crippen LogP contribution is 2.33. The van der Waals surface area contributed by atoms with Gasteiger partial charge in [-0.25, -0.2) is 9.67 Å². The van der Waals surface area contributed by atoms with E-state index in [1.165, 1.54) is 4.68 Å². The summed E-state index contributed by atoms with van der Waals surface area (Å²) in [5.41, 5.74) is 0.151. The number of hydrogen-bond donors (Lipinski definition) is 1.